The molecule has 0 saturated carbocycles. The van der Waals surface area contributed by atoms with Crippen LogP contribution in [0.5, 0.6) is 0 Å². The molecule has 0 bridgehead atoms. The highest BCUT2D eigenvalue weighted by molar-refractivity contribution is 7.99. The molecule has 0 radical (unpaired) electrons. The summed E-state index contributed by atoms with van der Waals surface area (Å²) in [7, 11) is -3.83. The lowest BCUT2D eigenvalue weighted by Gasteiger charge is -2.31. The van der Waals surface area contributed by atoms with Gasteiger partial charge in [-0.1, -0.05) is 41.7 Å². The molecule has 8 heteroatoms. The highest BCUT2D eigenvalue weighted by atomic mass is 35.5. The maximum atomic E-state index is 13.4. The molecule has 0 aliphatic rings. The van der Waals surface area contributed by atoms with Crippen LogP contribution >= 0.6 is 46.6 Å². The molecule has 0 spiro atoms. The molecule has 27 heavy (non-hydrogen) atoms. The van der Waals surface area contributed by atoms with E-state index in [0.717, 1.165) is 17.9 Å². The SMILES string of the molecule is CCSCCC[C@@H](C)N(c1cc(Cl)ccc1Cl)S(=O)(=O)c1ccc(Cl)cc1. The number of nitrogens with zero attached hydrogens (tertiary/aromatic N) is 1. The van der Waals surface area contributed by atoms with Crippen molar-refractivity contribution in [2.24, 2.45) is 0 Å². The van der Waals surface area contributed by atoms with Crippen LogP contribution in [0.25, 0.3) is 0 Å². The van der Waals surface area contributed by atoms with Gasteiger partial charge in [-0.2, -0.15) is 11.8 Å². The third kappa shape index (κ3) is 5.94. The van der Waals surface area contributed by atoms with Crippen molar-refractivity contribution in [3.8, 4) is 0 Å². The molecule has 148 valence electrons. The van der Waals surface area contributed by atoms with Gasteiger partial charge >= 0.3 is 0 Å². The van der Waals surface area contributed by atoms with E-state index in [0.29, 0.717) is 27.2 Å². The average molecular weight is 467 g/mol. The first-order chi connectivity index (χ1) is 12.8. The summed E-state index contributed by atoms with van der Waals surface area (Å²) in [5.41, 5.74) is 0.384. The highest BCUT2D eigenvalue weighted by Gasteiger charge is 2.31. The second-order valence-corrected chi connectivity index (χ2v) is 10.5. The molecule has 0 fully saturated rings. The molecule has 0 saturated heterocycles. The highest BCUT2D eigenvalue weighted by Crippen LogP contribution is 2.35. The third-order valence-corrected chi connectivity index (χ3v) is 7.77. The number of benzene rings is 2. The van der Waals surface area contributed by atoms with E-state index in [1.165, 1.54) is 16.4 Å². The molecule has 1 atom stereocenters. The van der Waals surface area contributed by atoms with E-state index in [-0.39, 0.29) is 10.9 Å². The smallest absolute Gasteiger partial charge is 0.262 e. The van der Waals surface area contributed by atoms with E-state index in [2.05, 4.69) is 6.92 Å². The molecule has 0 aliphatic carbocycles. The van der Waals surface area contributed by atoms with Crippen molar-refractivity contribution in [1.82, 2.24) is 0 Å². The van der Waals surface area contributed by atoms with Crippen LogP contribution in [-0.4, -0.2) is 26.0 Å². The van der Waals surface area contributed by atoms with Crippen LogP contribution in [0.15, 0.2) is 47.4 Å². The van der Waals surface area contributed by atoms with Gasteiger partial charge in [-0.3, -0.25) is 4.31 Å². The molecular formula is C19H22Cl3NO2S2. The van der Waals surface area contributed by atoms with Gasteiger partial charge in [0.15, 0.2) is 0 Å². The van der Waals surface area contributed by atoms with Gasteiger partial charge in [0.25, 0.3) is 10.0 Å². The van der Waals surface area contributed by atoms with Crippen LogP contribution in [0.4, 0.5) is 5.69 Å². The Hall–Kier alpha value is -0.590. The molecule has 0 aromatic heterocycles. The summed E-state index contributed by atoms with van der Waals surface area (Å²) in [5, 5.41) is 1.25. The summed E-state index contributed by atoms with van der Waals surface area (Å²) in [6.07, 6.45) is 1.62. The van der Waals surface area contributed by atoms with Crippen molar-refractivity contribution in [2.45, 2.75) is 37.6 Å². The predicted molar refractivity (Wildman–Crippen MR) is 119 cm³/mol. The van der Waals surface area contributed by atoms with Crippen LogP contribution in [0, 0.1) is 0 Å². The van der Waals surface area contributed by atoms with E-state index in [4.69, 9.17) is 34.8 Å². The summed E-state index contributed by atoms with van der Waals surface area (Å²) in [6, 6.07) is 10.7. The van der Waals surface area contributed by atoms with Crippen molar-refractivity contribution < 1.29 is 8.42 Å². The molecule has 0 amide bonds. The van der Waals surface area contributed by atoms with Crippen molar-refractivity contribution in [3.05, 3.63) is 57.5 Å². The summed E-state index contributed by atoms with van der Waals surface area (Å²) >= 11 is 20.2. The number of hydrogen-bond acceptors (Lipinski definition) is 3. The Morgan fingerprint density at radius 1 is 1.04 bits per heavy atom. The second-order valence-electron chi connectivity index (χ2n) is 6.04. The largest absolute Gasteiger partial charge is 0.264 e. The first kappa shape index (κ1) is 22.7. The molecular weight excluding hydrogens is 445 g/mol. The maximum Gasteiger partial charge on any atom is 0.264 e. The molecule has 2 aromatic rings. The Labute approximate surface area is 181 Å². The lowest BCUT2D eigenvalue weighted by Crippen LogP contribution is -2.39. The average Bonchev–Trinajstić information content (AvgIpc) is 2.62. The van der Waals surface area contributed by atoms with Crippen molar-refractivity contribution in [1.29, 1.82) is 0 Å². The Balaban J connectivity index is 2.45. The molecule has 2 rings (SSSR count). The van der Waals surface area contributed by atoms with Crippen molar-refractivity contribution in [2.75, 3.05) is 15.8 Å². The van der Waals surface area contributed by atoms with Gasteiger partial charge < -0.3 is 0 Å². The summed E-state index contributed by atoms with van der Waals surface area (Å²) in [5.74, 6) is 2.03. The molecule has 0 unspecified atom stereocenters. The first-order valence-corrected chi connectivity index (χ1v) is 12.3. The van der Waals surface area contributed by atoms with Gasteiger partial charge in [-0.05, 0) is 73.7 Å². The third-order valence-electron chi connectivity index (χ3n) is 4.03. The zero-order valence-electron chi connectivity index (χ0n) is 15.2. The summed E-state index contributed by atoms with van der Waals surface area (Å²) in [4.78, 5) is 0.165. The van der Waals surface area contributed by atoms with Crippen molar-refractivity contribution in [3.63, 3.8) is 0 Å². The first-order valence-electron chi connectivity index (χ1n) is 8.60. The van der Waals surface area contributed by atoms with Crippen LogP contribution in [0.3, 0.4) is 0 Å². The number of thioether (sulfide) groups is 1. The minimum Gasteiger partial charge on any atom is -0.262 e. The van der Waals surface area contributed by atoms with Crippen LogP contribution in [0.1, 0.15) is 26.7 Å². The number of rotatable bonds is 9. The number of halogens is 3. The van der Waals surface area contributed by atoms with E-state index < -0.39 is 10.0 Å². The Morgan fingerprint density at radius 3 is 2.30 bits per heavy atom. The Bertz CT molecular complexity index is 858. The molecule has 3 nitrogen and oxygen atoms in total. The van der Waals surface area contributed by atoms with E-state index in [1.54, 1.807) is 30.3 Å². The molecule has 0 aliphatic heterocycles. The van der Waals surface area contributed by atoms with Gasteiger partial charge in [-0.25, -0.2) is 8.42 Å². The number of anilines is 1. The predicted octanol–water partition coefficient (Wildman–Crippen LogP) is 6.76. The van der Waals surface area contributed by atoms with E-state index >= 15 is 0 Å². The quantitative estimate of drug-likeness (QED) is 0.383. The zero-order chi connectivity index (χ0) is 20.0. The monoisotopic (exact) mass is 465 g/mol. The van der Waals surface area contributed by atoms with Gasteiger partial charge in [-0.15, -0.1) is 0 Å². The van der Waals surface area contributed by atoms with Gasteiger partial charge in [0.05, 0.1) is 15.6 Å². The number of hydrogen-bond donors (Lipinski definition) is 0. The molecule has 0 heterocycles. The topological polar surface area (TPSA) is 37.4 Å². The fourth-order valence-electron chi connectivity index (χ4n) is 2.72. The fraction of sp³-hybridized carbons (Fsp3) is 0.368. The van der Waals surface area contributed by atoms with Gasteiger partial charge in [0.2, 0.25) is 0 Å². The minimum absolute atomic E-state index is 0.165. The van der Waals surface area contributed by atoms with Crippen LogP contribution < -0.4 is 4.31 Å². The number of sulfonamides is 1. The van der Waals surface area contributed by atoms with Gasteiger partial charge in [0.1, 0.15) is 0 Å². The summed E-state index contributed by atoms with van der Waals surface area (Å²) < 4.78 is 28.2. The van der Waals surface area contributed by atoms with Crippen LogP contribution in [0.2, 0.25) is 15.1 Å². The zero-order valence-corrected chi connectivity index (χ0v) is 19.1. The van der Waals surface area contributed by atoms with E-state index in [9.17, 15) is 8.42 Å². The normalized spacial score (nSPS) is 12.8. The standard InChI is InChI=1S/C19H22Cl3NO2S2/c1-3-26-12-4-5-14(2)23(19-13-16(21)8-11-18(19)22)27(24,25)17-9-6-15(20)7-10-17/h6-11,13-14H,3-5,12H2,1-2H3/t14-/m1/s1. The Morgan fingerprint density at radius 2 is 1.67 bits per heavy atom. The minimum atomic E-state index is -3.83. The van der Waals surface area contributed by atoms with Crippen LogP contribution in [-0.2, 0) is 10.0 Å². The lowest BCUT2D eigenvalue weighted by atomic mass is 10.2. The molecule has 2 aromatic carbocycles. The second kappa shape index (κ2) is 10.3. The fourth-order valence-corrected chi connectivity index (χ4v) is 5.63. The Kier molecular flexibility index (Phi) is 8.63. The lowest BCUT2D eigenvalue weighted by molar-refractivity contribution is 0.570. The van der Waals surface area contributed by atoms with E-state index in [1.807, 2.05) is 18.7 Å². The summed E-state index contributed by atoms with van der Waals surface area (Å²) in [6.45, 7) is 4.00. The maximum absolute atomic E-state index is 13.4. The van der Waals surface area contributed by atoms with Crippen molar-refractivity contribution >= 4 is 62.3 Å². The molecule has 0 N–H and O–H groups in total. The van der Waals surface area contributed by atoms with Gasteiger partial charge in [0, 0.05) is 16.1 Å².